The van der Waals surface area contributed by atoms with Crippen LogP contribution in [0.2, 0.25) is 5.02 Å². The van der Waals surface area contributed by atoms with Crippen LogP contribution in [0.4, 0.5) is 0 Å². The lowest BCUT2D eigenvalue weighted by Crippen LogP contribution is -2.05. The fourth-order valence-electron chi connectivity index (χ4n) is 3.58. The highest BCUT2D eigenvalue weighted by Gasteiger charge is 2.18. The van der Waals surface area contributed by atoms with Crippen LogP contribution < -0.4 is 0 Å². The van der Waals surface area contributed by atoms with E-state index in [0.717, 1.165) is 33.2 Å². The van der Waals surface area contributed by atoms with E-state index >= 15 is 0 Å². The molecule has 0 unspecified atom stereocenters. The molecular weight excluding hydrogens is 378 g/mol. The highest BCUT2D eigenvalue weighted by atomic mass is 35.5. The maximum Gasteiger partial charge on any atom is 0.188 e. The van der Waals surface area contributed by atoms with Crippen molar-refractivity contribution in [2.24, 2.45) is 0 Å². The van der Waals surface area contributed by atoms with Crippen molar-refractivity contribution in [1.82, 2.24) is 4.98 Å². The molecular formula is C26H20ClNO. The van der Waals surface area contributed by atoms with Gasteiger partial charge in [-0.2, -0.15) is 0 Å². The number of rotatable bonds is 4. The first-order valence-corrected chi connectivity index (χ1v) is 9.85. The largest absolute Gasteiger partial charge is 0.289 e. The van der Waals surface area contributed by atoms with Crippen LogP contribution in [0.1, 0.15) is 27.2 Å². The quantitative estimate of drug-likeness (QED) is 0.272. The van der Waals surface area contributed by atoms with Crippen molar-refractivity contribution >= 4 is 34.4 Å². The van der Waals surface area contributed by atoms with Crippen LogP contribution in [0.15, 0.2) is 78.9 Å². The van der Waals surface area contributed by atoms with E-state index in [1.165, 1.54) is 0 Å². The van der Waals surface area contributed by atoms with Crippen molar-refractivity contribution in [3.8, 4) is 11.1 Å². The van der Waals surface area contributed by atoms with Gasteiger partial charge in [0.05, 0.1) is 11.1 Å². The number of pyridine rings is 1. The van der Waals surface area contributed by atoms with Crippen molar-refractivity contribution in [1.29, 1.82) is 0 Å². The van der Waals surface area contributed by atoms with E-state index in [-0.39, 0.29) is 5.78 Å². The molecule has 0 N–H and O–H groups in total. The second kappa shape index (κ2) is 8.02. The monoisotopic (exact) mass is 397 g/mol. The van der Waals surface area contributed by atoms with E-state index in [2.05, 4.69) is 11.1 Å². The number of aryl methyl sites for hydroxylation is 2. The molecule has 0 radical (unpaired) electrons. The normalized spacial score (nSPS) is 11.3. The summed E-state index contributed by atoms with van der Waals surface area (Å²) < 4.78 is 0. The van der Waals surface area contributed by atoms with Gasteiger partial charge in [0.2, 0.25) is 0 Å². The summed E-state index contributed by atoms with van der Waals surface area (Å²) in [7, 11) is 0. The Labute approximate surface area is 175 Å². The number of ketones is 1. The molecule has 0 aliphatic carbocycles. The Bertz CT molecular complexity index is 1240. The Hall–Kier alpha value is -3.23. The number of benzene rings is 3. The van der Waals surface area contributed by atoms with Crippen LogP contribution in [-0.2, 0) is 0 Å². The van der Waals surface area contributed by atoms with Gasteiger partial charge in [0.15, 0.2) is 5.78 Å². The third-order valence-electron chi connectivity index (χ3n) is 4.92. The number of halogens is 1. The van der Waals surface area contributed by atoms with Gasteiger partial charge in [0, 0.05) is 21.7 Å². The van der Waals surface area contributed by atoms with E-state index in [0.29, 0.717) is 16.3 Å². The van der Waals surface area contributed by atoms with E-state index < -0.39 is 0 Å². The number of nitrogens with zero attached hydrogens (tertiary/aromatic N) is 1. The van der Waals surface area contributed by atoms with Crippen LogP contribution in [0.5, 0.6) is 0 Å². The second-order valence-corrected chi connectivity index (χ2v) is 7.52. The van der Waals surface area contributed by atoms with Crippen LogP contribution in [-0.4, -0.2) is 10.8 Å². The van der Waals surface area contributed by atoms with Crippen LogP contribution in [0.3, 0.4) is 0 Å². The van der Waals surface area contributed by atoms with Crippen molar-refractivity contribution < 1.29 is 4.79 Å². The number of allylic oxidation sites excluding steroid dienone is 1. The number of hydrogen-bond donors (Lipinski definition) is 0. The summed E-state index contributed by atoms with van der Waals surface area (Å²) in [5.74, 6) is -0.0628. The molecule has 142 valence electrons. The van der Waals surface area contributed by atoms with Gasteiger partial charge in [-0.25, -0.2) is 0 Å². The summed E-state index contributed by atoms with van der Waals surface area (Å²) in [4.78, 5) is 18.0. The summed E-state index contributed by atoms with van der Waals surface area (Å²) in [5.41, 5.74) is 6.20. The van der Waals surface area contributed by atoms with Crippen molar-refractivity contribution in [2.45, 2.75) is 13.8 Å². The molecule has 0 amide bonds. The molecule has 3 aromatic carbocycles. The summed E-state index contributed by atoms with van der Waals surface area (Å²) in [6.07, 6.45) is 3.49. The lowest BCUT2D eigenvalue weighted by molar-refractivity contribution is 0.104. The lowest BCUT2D eigenvalue weighted by atomic mass is 9.92. The molecule has 2 nitrogen and oxygen atoms in total. The minimum absolute atomic E-state index is 0.0628. The third kappa shape index (κ3) is 3.98. The number of aromatic nitrogens is 1. The van der Waals surface area contributed by atoms with Gasteiger partial charge >= 0.3 is 0 Å². The average molecular weight is 398 g/mol. The summed E-state index contributed by atoms with van der Waals surface area (Å²) in [5, 5.41) is 1.61. The van der Waals surface area contributed by atoms with Crippen molar-refractivity contribution in [2.75, 3.05) is 0 Å². The topological polar surface area (TPSA) is 30.0 Å². The Morgan fingerprint density at radius 2 is 1.69 bits per heavy atom. The Morgan fingerprint density at radius 3 is 2.45 bits per heavy atom. The zero-order chi connectivity index (χ0) is 20.4. The number of para-hydroxylation sites is 1. The van der Waals surface area contributed by atoms with Gasteiger partial charge in [-0.1, -0.05) is 77.8 Å². The second-order valence-electron chi connectivity index (χ2n) is 7.08. The highest BCUT2D eigenvalue weighted by molar-refractivity contribution is 6.30. The average Bonchev–Trinajstić information content (AvgIpc) is 2.72. The summed E-state index contributed by atoms with van der Waals surface area (Å²) in [6, 6.07) is 23.6. The molecule has 0 saturated heterocycles. The summed E-state index contributed by atoms with van der Waals surface area (Å²) in [6.45, 7) is 3.93. The fraction of sp³-hybridized carbons (Fsp3) is 0.0769. The van der Waals surface area contributed by atoms with Gasteiger partial charge in [-0.05, 0) is 49.2 Å². The first kappa shape index (κ1) is 19.1. The third-order valence-corrected chi connectivity index (χ3v) is 5.17. The van der Waals surface area contributed by atoms with Gasteiger partial charge < -0.3 is 0 Å². The van der Waals surface area contributed by atoms with E-state index in [4.69, 9.17) is 11.6 Å². The first-order valence-electron chi connectivity index (χ1n) is 9.47. The fourth-order valence-corrected chi connectivity index (χ4v) is 3.71. The smallest absolute Gasteiger partial charge is 0.188 e. The minimum atomic E-state index is -0.0628. The first-order chi connectivity index (χ1) is 14.0. The van der Waals surface area contributed by atoms with Crippen molar-refractivity contribution in [3.05, 3.63) is 106 Å². The SMILES string of the molecule is Cc1cccc(/C=C/C(=O)c2c(C)nc3ccccc3c2-c2ccc(Cl)cc2)c1. The van der Waals surface area contributed by atoms with E-state index in [9.17, 15) is 4.79 Å². The molecule has 1 aromatic heterocycles. The predicted molar refractivity (Wildman–Crippen MR) is 121 cm³/mol. The zero-order valence-corrected chi connectivity index (χ0v) is 17.1. The minimum Gasteiger partial charge on any atom is -0.289 e. The molecule has 3 heteroatoms. The molecule has 0 spiro atoms. The number of fused-ring (bicyclic) bond motifs is 1. The Morgan fingerprint density at radius 1 is 0.931 bits per heavy atom. The van der Waals surface area contributed by atoms with Gasteiger partial charge in [-0.3, -0.25) is 9.78 Å². The zero-order valence-electron chi connectivity index (χ0n) is 16.3. The van der Waals surface area contributed by atoms with Crippen LogP contribution in [0.25, 0.3) is 28.1 Å². The Balaban J connectivity index is 1.89. The maximum absolute atomic E-state index is 13.3. The maximum atomic E-state index is 13.3. The van der Waals surface area contributed by atoms with Gasteiger partial charge in [0.1, 0.15) is 0 Å². The number of carbonyl (C=O) groups is 1. The molecule has 0 bridgehead atoms. The van der Waals surface area contributed by atoms with Gasteiger partial charge in [-0.15, -0.1) is 0 Å². The predicted octanol–water partition coefficient (Wildman–Crippen LogP) is 7.07. The van der Waals surface area contributed by atoms with Crippen LogP contribution in [0, 0.1) is 13.8 Å². The molecule has 4 rings (SSSR count). The molecule has 0 atom stereocenters. The highest BCUT2D eigenvalue weighted by Crippen LogP contribution is 2.34. The van der Waals surface area contributed by atoms with E-state index in [1.807, 2.05) is 86.7 Å². The molecule has 0 saturated carbocycles. The number of hydrogen-bond acceptors (Lipinski definition) is 2. The standard InChI is InChI=1S/C26H20ClNO/c1-17-6-5-7-19(16-17)10-15-24(29)25-18(2)28-23-9-4-3-8-22(23)26(25)20-11-13-21(27)14-12-20/h3-16H,1-2H3/b15-10+. The van der Waals surface area contributed by atoms with E-state index in [1.54, 1.807) is 6.08 Å². The summed E-state index contributed by atoms with van der Waals surface area (Å²) >= 11 is 6.09. The molecule has 4 aromatic rings. The lowest BCUT2D eigenvalue weighted by Gasteiger charge is -2.14. The van der Waals surface area contributed by atoms with Crippen LogP contribution >= 0.6 is 11.6 Å². The number of carbonyl (C=O) groups excluding carboxylic acids is 1. The van der Waals surface area contributed by atoms with Crippen molar-refractivity contribution in [3.63, 3.8) is 0 Å². The Kier molecular flexibility index (Phi) is 5.28. The molecule has 0 aliphatic heterocycles. The molecule has 29 heavy (non-hydrogen) atoms. The molecule has 0 fully saturated rings. The molecule has 0 aliphatic rings. The van der Waals surface area contributed by atoms with Gasteiger partial charge in [0.25, 0.3) is 0 Å². The molecule has 1 heterocycles.